The largest absolute Gasteiger partial charge is 0.382 e. The van der Waals surface area contributed by atoms with Crippen LogP contribution in [0.25, 0.3) is 0 Å². The Balaban J connectivity index is 2.24. The van der Waals surface area contributed by atoms with Gasteiger partial charge < -0.3 is 11.1 Å². The third kappa shape index (κ3) is 2.86. The number of carbonyl (C=O) groups is 1. The lowest BCUT2D eigenvalue weighted by Crippen LogP contribution is -2.15. The van der Waals surface area contributed by atoms with Gasteiger partial charge in [-0.2, -0.15) is 0 Å². The van der Waals surface area contributed by atoms with Gasteiger partial charge in [0.15, 0.2) is 0 Å². The van der Waals surface area contributed by atoms with Crippen LogP contribution in [0.3, 0.4) is 0 Å². The maximum Gasteiger partial charge on any atom is 0.275 e. The normalized spacial score (nSPS) is 10.1. The molecule has 0 aliphatic rings. The molecule has 102 valence electrons. The highest BCUT2D eigenvalue weighted by Gasteiger charge is 2.14. The monoisotopic (exact) mass is 273 g/mol. The number of hydrogen-bond donors (Lipinski definition) is 2. The van der Waals surface area contributed by atoms with Crippen LogP contribution in [0.2, 0.25) is 0 Å². The second-order valence-corrected chi connectivity index (χ2v) is 4.04. The molecule has 20 heavy (non-hydrogen) atoms. The Morgan fingerprint density at radius 1 is 1.40 bits per heavy atom. The van der Waals surface area contributed by atoms with Crippen molar-refractivity contribution in [1.29, 1.82) is 0 Å². The van der Waals surface area contributed by atoms with Crippen LogP contribution in [-0.2, 0) is 0 Å². The summed E-state index contributed by atoms with van der Waals surface area (Å²) in [5.74, 6) is -0.421. The van der Waals surface area contributed by atoms with E-state index in [9.17, 15) is 14.9 Å². The Kier molecular flexibility index (Phi) is 3.56. The molecule has 2 rings (SSSR count). The number of nitro groups is 1. The zero-order chi connectivity index (χ0) is 14.7. The Morgan fingerprint density at radius 2 is 2.15 bits per heavy atom. The van der Waals surface area contributed by atoms with Crippen molar-refractivity contribution in [3.8, 4) is 0 Å². The molecule has 1 amide bonds. The Labute approximate surface area is 113 Å². The molecule has 0 radical (unpaired) electrons. The molecular formula is C12H11N5O3. The van der Waals surface area contributed by atoms with Crippen LogP contribution in [0.1, 0.15) is 16.1 Å². The first kappa shape index (κ1) is 13.4. The molecule has 0 atom stereocenters. The highest BCUT2D eigenvalue weighted by molar-refractivity contribution is 6.03. The second kappa shape index (κ2) is 5.31. The quantitative estimate of drug-likeness (QED) is 0.645. The van der Waals surface area contributed by atoms with Gasteiger partial charge in [-0.3, -0.25) is 19.9 Å². The van der Waals surface area contributed by atoms with Crippen LogP contribution in [0.5, 0.6) is 0 Å². The van der Waals surface area contributed by atoms with Crippen LogP contribution >= 0.6 is 0 Å². The van der Waals surface area contributed by atoms with Crippen molar-refractivity contribution in [3.05, 3.63) is 52.0 Å². The number of nitrogen functional groups attached to an aromatic ring is 1. The van der Waals surface area contributed by atoms with E-state index >= 15 is 0 Å². The highest BCUT2D eigenvalue weighted by Crippen LogP contribution is 2.22. The molecule has 0 saturated heterocycles. The third-order valence-corrected chi connectivity index (χ3v) is 2.55. The van der Waals surface area contributed by atoms with E-state index in [1.165, 1.54) is 18.5 Å². The van der Waals surface area contributed by atoms with Gasteiger partial charge >= 0.3 is 0 Å². The number of benzene rings is 1. The number of nitrogens with one attached hydrogen (secondary N) is 1. The Morgan fingerprint density at radius 3 is 2.80 bits per heavy atom. The van der Waals surface area contributed by atoms with E-state index in [2.05, 4.69) is 15.3 Å². The average molecular weight is 273 g/mol. The first-order chi connectivity index (χ1) is 9.47. The molecule has 0 saturated carbocycles. The van der Waals surface area contributed by atoms with E-state index in [1.807, 2.05) is 0 Å². The van der Waals surface area contributed by atoms with Crippen molar-refractivity contribution in [2.75, 3.05) is 11.1 Å². The van der Waals surface area contributed by atoms with Crippen LogP contribution in [0.4, 0.5) is 17.2 Å². The molecule has 1 aromatic carbocycles. The zero-order valence-electron chi connectivity index (χ0n) is 10.5. The van der Waals surface area contributed by atoms with Gasteiger partial charge in [0, 0.05) is 17.3 Å². The summed E-state index contributed by atoms with van der Waals surface area (Å²) in [5, 5.41) is 13.3. The van der Waals surface area contributed by atoms with Crippen molar-refractivity contribution in [3.63, 3.8) is 0 Å². The minimum absolute atomic E-state index is 0.0354. The molecule has 0 bridgehead atoms. The molecule has 0 spiro atoms. The average Bonchev–Trinajstić information content (AvgIpc) is 2.40. The van der Waals surface area contributed by atoms with Gasteiger partial charge in [0.05, 0.1) is 17.3 Å². The third-order valence-electron chi connectivity index (χ3n) is 2.55. The first-order valence-electron chi connectivity index (χ1n) is 5.61. The SMILES string of the molecule is Cc1ccc(NC(=O)c2cncc(N)n2)cc1[N+](=O)[O-]. The smallest absolute Gasteiger partial charge is 0.275 e. The number of anilines is 2. The molecule has 0 aliphatic heterocycles. The molecule has 1 aromatic heterocycles. The van der Waals surface area contributed by atoms with Crippen LogP contribution in [-0.4, -0.2) is 20.8 Å². The van der Waals surface area contributed by atoms with Crippen molar-refractivity contribution in [2.45, 2.75) is 6.92 Å². The molecule has 8 nitrogen and oxygen atoms in total. The van der Waals surface area contributed by atoms with Gasteiger partial charge in [-0.1, -0.05) is 6.07 Å². The molecule has 0 fully saturated rings. The number of carbonyl (C=O) groups excluding carboxylic acids is 1. The zero-order valence-corrected chi connectivity index (χ0v) is 10.5. The lowest BCUT2D eigenvalue weighted by atomic mass is 10.2. The van der Waals surface area contributed by atoms with E-state index in [4.69, 9.17) is 5.73 Å². The number of aryl methyl sites for hydroxylation is 1. The van der Waals surface area contributed by atoms with E-state index in [0.717, 1.165) is 0 Å². The number of amides is 1. The Bertz CT molecular complexity index is 687. The summed E-state index contributed by atoms with van der Waals surface area (Å²) in [4.78, 5) is 29.8. The number of nitrogens with two attached hydrogens (primary N) is 1. The summed E-state index contributed by atoms with van der Waals surface area (Å²) in [6.45, 7) is 1.62. The van der Waals surface area contributed by atoms with Gasteiger partial charge in [0.2, 0.25) is 0 Å². The summed E-state index contributed by atoms with van der Waals surface area (Å²) in [7, 11) is 0. The van der Waals surface area contributed by atoms with E-state index in [1.54, 1.807) is 19.1 Å². The maximum absolute atomic E-state index is 11.9. The lowest BCUT2D eigenvalue weighted by molar-refractivity contribution is -0.385. The molecule has 8 heteroatoms. The number of nitrogens with zero attached hydrogens (tertiary/aromatic N) is 3. The van der Waals surface area contributed by atoms with Gasteiger partial charge in [0.1, 0.15) is 11.5 Å². The number of rotatable bonds is 3. The number of hydrogen-bond acceptors (Lipinski definition) is 6. The Hall–Kier alpha value is -3.03. The van der Waals surface area contributed by atoms with E-state index in [-0.39, 0.29) is 17.2 Å². The predicted molar refractivity (Wildman–Crippen MR) is 72.2 cm³/mol. The second-order valence-electron chi connectivity index (χ2n) is 4.04. The minimum atomic E-state index is -0.539. The lowest BCUT2D eigenvalue weighted by Gasteiger charge is -2.05. The fourth-order valence-corrected chi connectivity index (χ4v) is 1.57. The van der Waals surface area contributed by atoms with Gasteiger partial charge in [0.25, 0.3) is 11.6 Å². The van der Waals surface area contributed by atoms with Crippen LogP contribution in [0, 0.1) is 17.0 Å². The van der Waals surface area contributed by atoms with Crippen molar-refractivity contribution >= 4 is 23.1 Å². The number of nitro benzene ring substituents is 1. The van der Waals surface area contributed by atoms with Crippen molar-refractivity contribution in [2.24, 2.45) is 0 Å². The molecule has 1 heterocycles. The maximum atomic E-state index is 11.9. The fourth-order valence-electron chi connectivity index (χ4n) is 1.57. The number of aromatic nitrogens is 2. The van der Waals surface area contributed by atoms with E-state index < -0.39 is 10.8 Å². The van der Waals surface area contributed by atoms with Crippen molar-refractivity contribution in [1.82, 2.24) is 9.97 Å². The standard InChI is InChI=1S/C12H11N5O3/c1-7-2-3-8(4-10(7)17(19)20)15-12(18)9-5-14-6-11(13)16-9/h2-6H,1H3,(H2,13,16)(H,15,18). The molecule has 0 unspecified atom stereocenters. The molecule has 0 aliphatic carbocycles. The first-order valence-corrected chi connectivity index (χ1v) is 5.61. The minimum Gasteiger partial charge on any atom is -0.382 e. The summed E-state index contributed by atoms with van der Waals surface area (Å²) in [6.07, 6.45) is 2.57. The van der Waals surface area contributed by atoms with Gasteiger partial charge in [-0.25, -0.2) is 4.98 Å². The molecule has 2 aromatic rings. The fraction of sp³-hybridized carbons (Fsp3) is 0.0833. The van der Waals surface area contributed by atoms with Crippen LogP contribution in [0.15, 0.2) is 30.6 Å². The summed E-state index contributed by atoms with van der Waals surface area (Å²) in [5.41, 5.74) is 6.21. The summed E-state index contributed by atoms with van der Waals surface area (Å²) in [6, 6.07) is 4.41. The van der Waals surface area contributed by atoms with Gasteiger partial charge in [-0.05, 0) is 13.0 Å². The highest BCUT2D eigenvalue weighted by atomic mass is 16.6. The summed E-state index contributed by atoms with van der Waals surface area (Å²) >= 11 is 0. The topological polar surface area (TPSA) is 124 Å². The summed E-state index contributed by atoms with van der Waals surface area (Å²) < 4.78 is 0. The predicted octanol–water partition coefficient (Wildman–Crippen LogP) is 1.53. The van der Waals surface area contributed by atoms with Gasteiger partial charge in [-0.15, -0.1) is 0 Å². The van der Waals surface area contributed by atoms with Crippen molar-refractivity contribution < 1.29 is 9.72 Å². The van der Waals surface area contributed by atoms with E-state index in [0.29, 0.717) is 11.3 Å². The molecular weight excluding hydrogens is 262 g/mol. The van der Waals surface area contributed by atoms with Crippen LogP contribution < -0.4 is 11.1 Å². The molecule has 3 N–H and O–H groups in total.